The van der Waals surface area contributed by atoms with Crippen LogP contribution in [0.25, 0.3) is 0 Å². The highest BCUT2D eigenvalue weighted by Crippen LogP contribution is 2.28. The van der Waals surface area contributed by atoms with Crippen molar-refractivity contribution in [1.29, 1.82) is 0 Å². The Labute approximate surface area is 113 Å². The van der Waals surface area contributed by atoms with E-state index in [1.54, 1.807) is 18.2 Å². The molecule has 0 atom stereocenters. The van der Waals surface area contributed by atoms with E-state index in [1.807, 2.05) is 6.92 Å². The zero-order chi connectivity index (χ0) is 13.1. The maximum absolute atomic E-state index is 13.4. The maximum atomic E-state index is 13.4. The predicted molar refractivity (Wildman–Crippen MR) is 72.8 cm³/mol. The van der Waals surface area contributed by atoms with Gasteiger partial charge in [0.15, 0.2) is 5.78 Å². The first-order valence-electron chi connectivity index (χ1n) is 5.42. The van der Waals surface area contributed by atoms with Crippen LogP contribution in [0.2, 0.25) is 0 Å². The molecule has 0 bridgehead atoms. The number of thioether (sulfide) groups is 1. The van der Waals surface area contributed by atoms with E-state index in [-0.39, 0.29) is 11.6 Å². The van der Waals surface area contributed by atoms with Crippen molar-refractivity contribution < 1.29 is 9.18 Å². The molecule has 0 radical (unpaired) electrons. The van der Waals surface area contributed by atoms with Gasteiger partial charge in [-0.05, 0) is 19.1 Å². The third-order valence-electron chi connectivity index (χ3n) is 2.35. The summed E-state index contributed by atoms with van der Waals surface area (Å²) in [4.78, 5) is 16.9. The van der Waals surface area contributed by atoms with Crippen molar-refractivity contribution in [3.05, 3.63) is 45.7 Å². The molecule has 2 rings (SSSR count). The average Bonchev–Trinajstić information content (AvgIpc) is 2.70. The molecular weight excluding hydrogens is 269 g/mol. The van der Waals surface area contributed by atoms with E-state index >= 15 is 0 Å². The fourth-order valence-corrected chi connectivity index (χ4v) is 3.43. The number of hydrogen-bond acceptors (Lipinski definition) is 4. The summed E-state index contributed by atoms with van der Waals surface area (Å²) in [7, 11) is 0. The second-order valence-corrected chi connectivity index (χ2v) is 5.90. The number of thiazole rings is 1. The van der Waals surface area contributed by atoms with Gasteiger partial charge in [-0.3, -0.25) is 4.79 Å². The molecule has 2 nitrogen and oxygen atoms in total. The Bertz CT molecular complexity index is 580. The quantitative estimate of drug-likeness (QED) is 0.624. The van der Waals surface area contributed by atoms with E-state index in [1.165, 1.54) is 36.1 Å². The van der Waals surface area contributed by atoms with Gasteiger partial charge in [0.2, 0.25) is 0 Å². The van der Waals surface area contributed by atoms with Crippen LogP contribution in [-0.2, 0) is 5.75 Å². The topological polar surface area (TPSA) is 30.0 Å². The van der Waals surface area contributed by atoms with Crippen LogP contribution in [0.3, 0.4) is 0 Å². The molecule has 5 heteroatoms. The summed E-state index contributed by atoms with van der Waals surface area (Å²) in [5, 5.41) is 0.853. The average molecular weight is 281 g/mol. The van der Waals surface area contributed by atoms with Crippen LogP contribution in [0.5, 0.6) is 0 Å². The minimum absolute atomic E-state index is 0.0344. The molecule has 2 aromatic rings. The van der Waals surface area contributed by atoms with E-state index in [9.17, 15) is 9.18 Å². The first-order valence-corrected chi connectivity index (χ1v) is 7.22. The molecule has 1 aromatic heterocycles. The van der Waals surface area contributed by atoms with Gasteiger partial charge in [-0.25, -0.2) is 9.37 Å². The van der Waals surface area contributed by atoms with Gasteiger partial charge in [-0.1, -0.05) is 12.1 Å². The lowest BCUT2D eigenvalue weighted by molar-refractivity contribution is 0.102. The van der Waals surface area contributed by atoms with Gasteiger partial charge in [0, 0.05) is 11.8 Å². The van der Waals surface area contributed by atoms with Crippen LogP contribution < -0.4 is 0 Å². The number of carbonyl (C=O) groups is 1. The fraction of sp³-hybridized carbons (Fsp3) is 0.231. The van der Waals surface area contributed by atoms with Crippen molar-refractivity contribution in [3.63, 3.8) is 0 Å². The van der Waals surface area contributed by atoms with Crippen molar-refractivity contribution in [2.45, 2.75) is 24.5 Å². The molecule has 0 aliphatic carbocycles. The standard InChI is InChI=1S/C13H12FNOS2/c1-8-13(9(2)16)18-12(15-8)7-17-11-6-4-3-5-10(11)14/h3-6H,7H2,1-2H3. The Hall–Kier alpha value is -1.20. The minimum atomic E-state index is -0.220. The Morgan fingerprint density at radius 3 is 2.78 bits per heavy atom. The highest BCUT2D eigenvalue weighted by Gasteiger charge is 2.12. The van der Waals surface area contributed by atoms with E-state index in [2.05, 4.69) is 4.98 Å². The molecule has 0 fully saturated rings. The van der Waals surface area contributed by atoms with Crippen molar-refractivity contribution in [2.75, 3.05) is 0 Å². The summed E-state index contributed by atoms with van der Waals surface area (Å²) in [6, 6.07) is 6.66. The highest BCUT2D eigenvalue weighted by molar-refractivity contribution is 7.98. The van der Waals surface area contributed by atoms with Crippen molar-refractivity contribution >= 4 is 28.9 Å². The van der Waals surface area contributed by atoms with Gasteiger partial charge in [0.1, 0.15) is 10.8 Å². The molecule has 0 unspecified atom stereocenters. The normalized spacial score (nSPS) is 10.6. The van der Waals surface area contributed by atoms with Gasteiger partial charge in [-0.2, -0.15) is 0 Å². The number of ketones is 1. The number of halogens is 1. The summed E-state index contributed by atoms with van der Waals surface area (Å²) >= 11 is 2.78. The summed E-state index contributed by atoms with van der Waals surface area (Å²) in [6.07, 6.45) is 0. The molecule has 0 N–H and O–H groups in total. The minimum Gasteiger partial charge on any atom is -0.294 e. The van der Waals surface area contributed by atoms with Crippen LogP contribution in [0, 0.1) is 12.7 Å². The van der Waals surface area contributed by atoms with Crippen LogP contribution in [0.4, 0.5) is 4.39 Å². The molecule has 0 spiro atoms. The number of benzene rings is 1. The Morgan fingerprint density at radius 2 is 2.17 bits per heavy atom. The summed E-state index contributed by atoms with van der Waals surface area (Å²) in [5.74, 6) is 0.398. The number of aryl methyl sites for hydroxylation is 1. The fourth-order valence-electron chi connectivity index (χ4n) is 1.54. The molecule has 0 aliphatic heterocycles. The zero-order valence-electron chi connectivity index (χ0n) is 10.1. The van der Waals surface area contributed by atoms with Crippen LogP contribution in [0.15, 0.2) is 29.2 Å². The third-order valence-corrected chi connectivity index (χ3v) is 4.85. The number of carbonyl (C=O) groups excluding carboxylic acids is 1. The second kappa shape index (κ2) is 5.63. The third kappa shape index (κ3) is 2.97. The molecule has 1 heterocycles. The van der Waals surface area contributed by atoms with E-state index in [4.69, 9.17) is 0 Å². The number of aromatic nitrogens is 1. The van der Waals surface area contributed by atoms with E-state index in [0.29, 0.717) is 15.5 Å². The van der Waals surface area contributed by atoms with Crippen LogP contribution >= 0.6 is 23.1 Å². The van der Waals surface area contributed by atoms with Gasteiger partial charge in [-0.15, -0.1) is 23.1 Å². The molecule has 0 saturated carbocycles. The van der Waals surface area contributed by atoms with Crippen molar-refractivity contribution in [3.8, 4) is 0 Å². The van der Waals surface area contributed by atoms with Crippen LogP contribution in [-0.4, -0.2) is 10.8 Å². The van der Waals surface area contributed by atoms with Gasteiger partial charge in [0.05, 0.1) is 16.3 Å². The lowest BCUT2D eigenvalue weighted by atomic mass is 10.3. The molecule has 0 aliphatic rings. The first kappa shape index (κ1) is 13.2. The molecule has 0 saturated heterocycles. The molecular formula is C13H12FNOS2. The lowest BCUT2D eigenvalue weighted by Crippen LogP contribution is -1.89. The summed E-state index contributed by atoms with van der Waals surface area (Å²) in [5.41, 5.74) is 0.761. The second-order valence-electron chi connectivity index (χ2n) is 3.80. The SMILES string of the molecule is CC(=O)c1sc(CSc2ccccc2F)nc1C. The van der Waals surface area contributed by atoms with Crippen LogP contribution in [0.1, 0.15) is 27.3 Å². The van der Waals surface area contributed by atoms with E-state index in [0.717, 1.165) is 10.7 Å². The molecule has 94 valence electrons. The summed E-state index contributed by atoms with van der Waals surface area (Å²) < 4.78 is 13.4. The Balaban J connectivity index is 2.09. The largest absolute Gasteiger partial charge is 0.294 e. The number of nitrogens with zero attached hydrogens (tertiary/aromatic N) is 1. The lowest BCUT2D eigenvalue weighted by Gasteiger charge is -1.99. The Kier molecular flexibility index (Phi) is 4.14. The first-order chi connectivity index (χ1) is 8.58. The molecule has 1 aromatic carbocycles. The number of Topliss-reactive ketones (excluding diaryl/α,β-unsaturated/α-hetero) is 1. The predicted octanol–water partition coefficient (Wildman–Crippen LogP) is 4.09. The molecule has 18 heavy (non-hydrogen) atoms. The van der Waals surface area contributed by atoms with Crippen molar-refractivity contribution in [2.24, 2.45) is 0 Å². The van der Waals surface area contributed by atoms with Gasteiger partial charge >= 0.3 is 0 Å². The van der Waals surface area contributed by atoms with E-state index < -0.39 is 0 Å². The smallest absolute Gasteiger partial charge is 0.171 e. The van der Waals surface area contributed by atoms with Gasteiger partial charge in [0.25, 0.3) is 0 Å². The highest BCUT2D eigenvalue weighted by atomic mass is 32.2. The number of rotatable bonds is 4. The Morgan fingerprint density at radius 1 is 1.44 bits per heavy atom. The number of hydrogen-bond donors (Lipinski definition) is 0. The van der Waals surface area contributed by atoms with Crippen molar-refractivity contribution in [1.82, 2.24) is 4.98 Å². The zero-order valence-corrected chi connectivity index (χ0v) is 11.7. The van der Waals surface area contributed by atoms with Gasteiger partial charge < -0.3 is 0 Å². The molecule has 0 amide bonds. The summed E-state index contributed by atoms with van der Waals surface area (Å²) in [6.45, 7) is 3.36. The maximum Gasteiger partial charge on any atom is 0.171 e. The monoisotopic (exact) mass is 281 g/mol.